The number of anilines is 1. The minimum absolute atomic E-state index is 0.0688. The van der Waals surface area contributed by atoms with Crippen LogP contribution >= 0.6 is 0 Å². The number of fused-ring (bicyclic) bond motifs is 2. The number of ether oxygens (including phenoxy) is 2. The van der Waals surface area contributed by atoms with Gasteiger partial charge in [-0.2, -0.15) is 0 Å². The zero-order chi connectivity index (χ0) is 30.0. The van der Waals surface area contributed by atoms with Gasteiger partial charge in [0.15, 0.2) is 0 Å². The number of hydrogen-bond acceptors (Lipinski definition) is 7. The van der Waals surface area contributed by atoms with E-state index >= 15 is 0 Å². The Labute approximate surface area is 244 Å². The smallest absolute Gasteiger partial charge is 0.270 e. The second kappa shape index (κ2) is 11.7. The molecule has 0 saturated carbocycles. The maximum atomic E-state index is 13.7. The molecule has 216 valence electrons. The Balaban J connectivity index is 1.39. The van der Waals surface area contributed by atoms with Crippen molar-refractivity contribution < 1.29 is 32.3 Å². The summed E-state index contributed by atoms with van der Waals surface area (Å²) >= 11 is 0. The van der Waals surface area contributed by atoms with Crippen LogP contribution in [0.25, 0.3) is 10.8 Å². The Bertz CT molecular complexity index is 1730. The Morgan fingerprint density at radius 3 is 1.76 bits per heavy atom. The fraction of sp³-hybridized carbons (Fsp3) is 0.219. The molecule has 42 heavy (non-hydrogen) atoms. The van der Waals surface area contributed by atoms with Gasteiger partial charge in [0.05, 0.1) is 42.2 Å². The lowest BCUT2D eigenvalue weighted by Gasteiger charge is -2.15. The van der Waals surface area contributed by atoms with E-state index in [1.807, 2.05) is 43.3 Å². The van der Waals surface area contributed by atoms with Crippen LogP contribution in [0, 0.1) is 6.92 Å². The van der Waals surface area contributed by atoms with Crippen LogP contribution in [0.1, 0.15) is 51.3 Å². The number of aryl methyl sites for hydroxylation is 1. The Hall–Kier alpha value is -4.70. The van der Waals surface area contributed by atoms with Gasteiger partial charge >= 0.3 is 0 Å². The Morgan fingerprint density at radius 1 is 0.762 bits per heavy atom. The molecule has 0 atom stereocenters. The third-order valence-corrected chi connectivity index (χ3v) is 8.09. The van der Waals surface area contributed by atoms with E-state index in [0.29, 0.717) is 33.4 Å². The molecule has 1 heterocycles. The highest BCUT2D eigenvalue weighted by Crippen LogP contribution is 2.46. The largest absolute Gasteiger partial charge is 0.492 e. The summed E-state index contributed by atoms with van der Waals surface area (Å²) in [5, 5.41) is 1.32. The number of benzene rings is 4. The lowest BCUT2D eigenvalue weighted by Crippen LogP contribution is -2.32. The molecule has 5 rings (SSSR count). The highest BCUT2D eigenvalue weighted by atomic mass is 32.2. The molecular weight excluding hydrogens is 556 g/mol. The van der Waals surface area contributed by atoms with Crippen molar-refractivity contribution in [1.29, 1.82) is 0 Å². The van der Waals surface area contributed by atoms with Crippen LogP contribution in [0.2, 0.25) is 0 Å². The SMILES string of the molecule is CCOc1c2c(c(OCC)c3ccccc13)C(=O)N(c1ccc(CS(=O)(=O)NC(=O)Cc3ccc(C)cc3)cc1)C2=O. The second-order valence-electron chi connectivity index (χ2n) is 9.88. The van der Waals surface area contributed by atoms with Crippen LogP contribution in [-0.2, 0) is 27.0 Å². The van der Waals surface area contributed by atoms with Crippen LogP contribution in [0.3, 0.4) is 0 Å². The maximum absolute atomic E-state index is 13.7. The first-order valence-corrected chi connectivity index (χ1v) is 15.2. The fourth-order valence-corrected chi connectivity index (χ4v) is 6.14. The summed E-state index contributed by atoms with van der Waals surface area (Å²) in [6.45, 7) is 6.10. The molecule has 9 nitrogen and oxygen atoms in total. The molecule has 10 heteroatoms. The van der Waals surface area contributed by atoms with Gasteiger partial charge in [-0.05, 0) is 44.0 Å². The predicted octanol–water partition coefficient (Wildman–Crippen LogP) is 4.93. The van der Waals surface area contributed by atoms with Crippen molar-refractivity contribution in [2.45, 2.75) is 32.9 Å². The molecule has 0 radical (unpaired) electrons. The number of nitrogens with one attached hydrogen (secondary N) is 1. The molecule has 0 aliphatic carbocycles. The first-order chi connectivity index (χ1) is 20.1. The van der Waals surface area contributed by atoms with Crippen molar-refractivity contribution >= 4 is 44.2 Å². The van der Waals surface area contributed by atoms with Gasteiger partial charge in [-0.15, -0.1) is 0 Å². The van der Waals surface area contributed by atoms with Crippen molar-refractivity contribution in [3.05, 3.63) is 101 Å². The molecule has 0 unspecified atom stereocenters. The number of sulfonamides is 1. The zero-order valence-electron chi connectivity index (χ0n) is 23.5. The van der Waals surface area contributed by atoms with Gasteiger partial charge in [-0.25, -0.2) is 13.3 Å². The average molecular weight is 587 g/mol. The highest BCUT2D eigenvalue weighted by molar-refractivity contribution is 7.89. The van der Waals surface area contributed by atoms with E-state index in [1.54, 1.807) is 26.0 Å². The van der Waals surface area contributed by atoms with Gasteiger partial charge in [-0.3, -0.25) is 19.1 Å². The monoisotopic (exact) mass is 586 g/mol. The van der Waals surface area contributed by atoms with E-state index in [0.717, 1.165) is 10.5 Å². The van der Waals surface area contributed by atoms with Crippen molar-refractivity contribution in [2.75, 3.05) is 18.1 Å². The van der Waals surface area contributed by atoms with Gasteiger partial charge < -0.3 is 9.47 Å². The number of carbonyl (C=O) groups is 3. The van der Waals surface area contributed by atoms with E-state index in [-0.39, 0.29) is 36.4 Å². The number of carbonyl (C=O) groups excluding carboxylic acids is 3. The van der Waals surface area contributed by atoms with Crippen molar-refractivity contribution in [1.82, 2.24) is 4.72 Å². The maximum Gasteiger partial charge on any atom is 0.270 e. The van der Waals surface area contributed by atoms with Crippen LogP contribution in [0.15, 0.2) is 72.8 Å². The predicted molar refractivity (Wildman–Crippen MR) is 160 cm³/mol. The van der Waals surface area contributed by atoms with E-state index in [9.17, 15) is 22.8 Å². The molecule has 1 aliphatic heterocycles. The van der Waals surface area contributed by atoms with Crippen molar-refractivity contribution in [2.24, 2.45) is 0 Å². The number of hydrogen-bond donors (Lipinski definition) is 1. The van der Waals surface area contributed by atoms with E-state index in [4.69, 9.17) is 9.47 Å². The van der Waals surface area contributed by atoms with Gasteiger partial charge in [0.1, 0.15) is 11.5 Å². The molecule has 1 aliphatic rings. The fourth-order valence-electron chi connectivity index (χ4n) is 5.02. The molecule has 0 saturated heterocycles. The van der Waals surface area contributed by atoms with Gasteiger partial charge in [0.25, 0.3) is 11.8 Å². The molecule has 1 N–H and O–H groups in total. The van der Waals surface area contributed by atoms with Crippen LogP contribution < -0.4 is 19.1 Å². The molecule has 0 spiro atoms. The minimum Gasteiger partial charge on any atom is -0.492 e. The van der Waals surface area contributed by atoms with Crippen LogP contribution in [0.5, 0.6) is 11.5 Å². The summed E-state index contributed by atoms with van der Waals surface area (Å²) in [5.74, 6) is -1.58. The summed E-state index contributed by atoms with van der Waals surface area (Å²) in [6, 6.07) is 20.5. The first kappa shape index (κ1) is 28.8. The van der Waals surface area contributed by atoms with Crippen LogP contribution in [-0.4, -0.2) is 39.4 Å². The summed E-state index contributed by atoms with van der Waals surface area (Å²) in [7, 11) is -3.99. The van der Waals surface area contributed by atoms with Gasteiger partial charge in [0.2, 0.25) is 15.9 Å². The summed E-state index contributed by atoms with van der Waals surface area (Å²) < 4.78 is 39.2. The zero-order valence-corrected chi connectivity index (χ0v) is 24.3. The Kier molecular flexibility index (Phi) is 8.00. The molecule has 3 amide bonds. The third-order valence-electron chi connectivity index (χ3n) is 6.84. The third kappa shape index (κ3) is 5.58. The lowest BCUT2D eigenvalue weighted by molar-refractivity contribution is -0.118. The molecule has 0 fully saturated rings. The quantitative estimate of drug-likeness (QED) is 0.262. The normalized spacial score (nSPS) is 12.9. The second-order valence-corrected chi connectivity index (χ2v) is 11.6. The standard InChI is InChI=1S/C32H30N2O7S/c1-4-40-29-24-8-6-7-9-25(24)30(41-5-2)28-27(29)31(36)34(32(28)37)23-16-14-22(15-17-23)19-42(38,39)33-26(35)18-21-12-10-20(3)11-13-21/h6-17H,4-5,18-19H2,1-3H3,(H,33,35). The van der Waals surface area contributed by atoms with E-state index in [2.05, 4.69) is 4.72 Å². The molecule has 0 aromatic heterocycles. The average Bonchev–Trinajstić information content (AvgIpc) is 3.21. The molecule has 0 bridgehead atoms. The Morgan fingerprint density at radius 2 is 1.26 bits per heavy atom. The minimum atomic E-state index is -3.99. The highest BCUT2D eigenvalue weighted by Gasteiger charge is 2.43. The van der Waals surface area contributed by atoms with Crippen LogP contribution in [0.4, 0.5) is 5.69 Å². The lowest BCUT2D eigenvalue weighted by atomic mass is 9.99. The summed E-state index contributed by atoms with van der Waals surface area (Å²) in [5.41, 5.74) is 2.64. The van der Waals surface area contributed by atoms with Gasteiger partial charge in [-0.1, -0.05) is 66.2 Å². The van der Waals surface area contributed by atoms with Crippen molar-refractivity contribution in [3.63, 3.8) is 0 Å². The van der Waals surface area contributed by atoms with E-state index in [1.165, 1.54) is 24.3 Å². The number of nitrogens with zero attached hydrogens (tertiary/aromatic N) is 1. The summed E-state index contributed by atoms with van der Waals surface area (Å²) in [6.07, 6.45) is -0.0688. The van der Waals surface area contributed by atoms with E-state index < -0.39 is 33.5 Å². The van der Waals surface area contributed by atoms with Gasteiger partial charge in [0, 0.05) is 10.8 Å². The number of imide groups is 1. The topological polar surface area (TPSA) is 119 Å². The van der Waals surface area contributed by atoms with Crippen molar-refractivity contribution in [3.8, 4) is 11.5 Å². The number of rotatable bonds is 10. The molecule has 4 aromatic rings. The molecular formula is C32H30N2O7S. The summed E-state index contributed by atoms with van der Waals surface area (Å²) in [4.78, 5) is 40.9. The molecule has 4 aromatic carbocycles. The first-order valence-electron chi connectivity index (χ1n) is 13.5. The number of amides is 3.